The number of hydrogen-bond donors (Lipinski definition) is 2. The Bertz CT molecular complexity index is 1360. The summed E-state index contributed by atoms with van der Waals surface area (Å²) in [6.07, 6.45) is 2.84. The molecule has 0 bridgehead atoms. The van der Waals surface area contributed by atoms with Gasteiger partial charge in [-0.1, -0.05) is 18.2 Å². The van der Waals surface area contributed by atoms with E-state index in [4.69, 9.17) is 5.73 Å². The molecule has 3 N–H and O–H groups in total. The number of rotatable bonds is 4. The summed E-state index contributed by atoms with van der Waals surface area (Å²) in [7, 11) is 0. The first kappa shape index (κ1) is 19.0. The second-order valence-electron chi connectivity index (χ2n) is 6.58. The lowest BCUT2D eigenvalue weighted by molar-refractivity contribution is 0.628. The van der Waals surface area contributed by atoms with Gasteiger partial charge in [-0.3, -0.25) is 9.20 Å². The van der Waals surface area contributed by atoms with E-state index in [0.29, 0.717) is 16.9 Å². The molecule has 1 aromatic carbocycles. The van der Waals surface area contributed by atoms with Gasteiger partial charge in [-0.25, -0.2) is 19.3 Å². The van der Waals surface area contributed by atoms with Crippen LogP contribution in [0.3, 0.4) is 0 Å². The van der Waals surface area contributed by atoms with Crippen LogP contribution in [0.25, 0.3) is 16.8 Å². The third-order valence-electron chi connectivity index (χ3n) is 4.63. The van der Waals surface area contributed by atoms with E-state index in [1.165, 1.54) is 28.9 Å². The molecule has 8 nitrogen and oxygen atoms in total. The van der Waals surface area contributed by atoms with Gasteiger partial charge in [0, 0.05) is 6.20 Å². The minimum absolute atomic E-state index is 0.0408. The number of nitrogens with one attached hydrogen (secondary N) is 1. The number of nitrogen functional groups attached to an aromatic ring is 1. The summed E-state index contributed by atoms with van der Waals surface area (Å²) in [5.74, 6) is -0.205. The van der Waals surface area contributed by atoms with Crippen molar-refractivity contribution in [1.82, 2.24) is 19.4 Å². The summed E-state index contributed by atoms with van der Waals surface area (Å²) in [4.78, 5) is 25.8. The van der Waals surface area contributed by atoms with Crippen molar-refractivity contribution in [3.63, 3.8) is 0 Å². The molecule has 3 heterocycles. The Morgan fingerprint density at radius 3 is 2.83 bits per heavy atom. The first-order valence-corrected chi connectivity index (χ1v) is 9.04. The Balaban J connectivity index is 1.92. The zero-order chi connectivity index (χ0) is 21.3. The molecule has 9 heteroatoms. The summed E-state index contributed by atoms with van der Waals surface area (Å²) < 4.78 is 15.3. The van der Waals surface area contributed by atoms with E-state index < -0.39 is 11.9 Å². The highest BCUT2D eigenvalue weighted by Crippen LogP contribution is 2.28. The maximum atomic E-state index is 13.9. The van der Waals surface area contributed by atoms with Crippen molar-refractivity contribution in [3.05, 3.63) is 82.4 Å². The molecule has 4 aromatic rings. The minimum atomic E-state index is -0.553. The van der Waals surface area contributed by atoms with Crippen LogP contribution < -0.4 is 16.6 Å². The smallest absolute Gasteiger partial charge is 0.266 e. The van der Waals surface area contributed by atoms with E-state index >= 15 is 0 Å². The third-order valence-corrected chi connectivity index (χ3v) is 4.63. The fraction of sp³-hybridized carbons (Fsp3) is 0.0952. The highest BCUT2D eigenvalue weighted by molar-refractivity contribution is 5.69. The van der Waals surface area contributed by atoms with E-state index in [0.717, 1.165) is 0 Å². The van der Waals surface area contributed by atoms with Gasteiger partial charge < -0.3 is 11.1 Å². The topological polar surface area (TPSA) is 122 Å². The Morgan fingerprint density at radius 1 is 1.23 bits per heavy atom. The quantitative estimate of drug-likeness (QED) is 0.539. The highest BCUT2D eigenvalue weighted by Gasteiger charge is 2.21. The summed E-state index contributed by atoms with van der Waals surface area (Å²) in [5.41, 5.74) is 6.99. The normalized spacial score (nSPS) is 11.8. The number of nitriles is 1. The van der Waals surface area contributed by atoms with E-state index in [1.807, 2.05) is 6.07 Å². The van der Waals surface area contributed by atoms with Crippen molar-refractivity contribution >= 4 is 17.3 Å². The van der Waals surface area contributed by atoms with Gasteiger partial charge in [-0.05, 0) is 36.8 Å². The maximum Gasteiger partial charge on any atom is 0.266 e. The van der Waals surface area contributed by atoms with Crippen LogP contribution >= 0.6 is 0 Å². The Morgan fingerprint density at radius 2 is 2.07 bits per heavy atom. The van der Waals surface area contributed by atoms with Gasteiger partial charge in [-0.15, -0.1) is 0 Å². The number of halogens is 1. The van der Waals surface area contributed by atoms with Crippen LogP contribution in [-0.4, -0.2) is 19.4 Å². The molecule has 0 aliphatic carbocycles. The van der Waals surface area contributed by atoms with Gasteiger partial charge in [0.25, 0.3) is 5.56 Å². The van der Waals surface area contributed by atoms with Gasteiger partial charge in [-0.2, -0.15) is 5.26 Å². The van der Waals surface area contributed by atoms with E-state index in [2.05, 4.69) is 20.3 Å². The predicted octanol–water partition coefficient (Wildman–Crippen LogP) is 2.92. The molecule has 0 saturated carbocycles. The molecule has 0 aliphatic heterocycles. The number of benzene rings is 1. The fourth-order valence-electron chi connectivity index (χ4n) is 3.23. The van der Waals surface area contributed by atoms with Gasteiger partial charge >= 0.3 is 0 Å². The largest absolute Gasteiger partial charge is 0.382 e. The number of pyridine rings is 1. The van der Waals surface area contributed by atoms with Crippen molar-refractivity contribution in [2.24, 2.45) is 0 Å². The molecule has 1 atom stereocenters. The second kappa shape index (κ2) is 7.60. The molecule has 4 rings (SSSR count). The summed E-state index contributed by atoms with van der Waals surface area (Å²) in [5, 5.41) is 12.4. The number of aromatic nitrogens is 4. The van der Waals surface area contributed by atoms with E-state index in [-0.39, 0.29) is 28.3 Å². The summed E-state index contributed by atoms with van der Waals surface area (Å²) in [6.45, 7) is 1.77. The number of hydrogen-bond acceptors (Lipinski definition) is 7. The van der Waals surface area contributed by atoms with Gasteiger partial charge in [0.05, 0.1) is 17.3 Å². The molecule has 0 aliphatic rings. The average Bonchev–Trinajstić information content (AvgIpc) is 2.74. The van der Waals surface area contributed by atoms with Crippen LogP contribution in [0.1, 0.15) is 24.2 Å². The Hall–Kier alpha value is -4.32. The number of nitrogens with zero attached hydrogens (tertiary/aromatic N) is 5. The molecule has 30 heavy (non-hydrogen) atoms. The monoisotopic (exact) mass is 401 g/mol. The number of fused-ring (bicyclic) bond motifs is 1. The molecule has 0 saturated heterocycles. The molecule has 0 amide bonds. The summed E-state index contributed by atoms with van der Waals surface area (Å²) >= 11 is 0. The van der Waals surface area contributed by atoms with E-state index in [9.17, 15) is 14.4 Å². The molecular formula is C21H16FN7O. The first-order chi connectivity index (χ1) is 14.5. The van der Waals surface area contributed by atoms with Crippen LogP contribution in [-0.2, 0) is 0 Å². The lowest BCUT2D eigenvalue weighted by Crippen LogP contribution is -2.23. The zero-order valence-corrected chi connectivity index (χ0v) is 15.9. The maximum absolute atomic E-state index is 13.9. The molecule has 0 fully saturated rings. The second-order valence-corrected chi connectivity index (χ2v) is 6.58. The van der Waals surface area contributed by atoms with Crippen molar-refractivity contribution in [2.75, 3.05) is 11.1 Å². The van der Waals surface area contributed by atoms with Crippen LogP contribution in [0.2, 0.25) is 0 Å². The molecule has 0 unspecified atom stereocenters. The van der Waals surface area contributed by atoms with Gasteiger partial charge in [0.1, 0.15) is 41.1 Å². The molecule has 0 radical (unpaired) electrons. The van der Waals surface area contributed by atoms with E-state index in [1.54, 1.807) is 37.4 Å². The lowest BCUT2D eigenvalue weighted by atomic mass is 10.0. The Labute approximate surface area is 170 Å². The zero-order valence-electron chi connectivity index (χ0n) is 15.9. The van der Waals surface area contributed by atoms with Crippen LogP contribution in [0.4, 0.5) is 16.0 Å². The van der Waals surface area contributed by atoms with Crippen LogP contribution in [0, 0.1) is 17.1 Å². The lowest BCUT2D eigenvalue weighted by Gasteiger charge is -2.19. The van der Waals surface area contributed by atoms with Crippen molar-refractivity contribution in [2.45, 2.75) is 13.0 Å². The van der Waals surface area contributed by atoms with Gasteiger partial charge in [0.2, 0.25) is 0 Å². The number of anilines is 2. The van der Waals surface area contributed by atoms with Gasteiger partial charge in [0.15, 0.2) is 0 Å². The fourth-order valence-corrected chi connectivity index (χ4v) is 3.23. The molecule has 148 valence electrons. The van der Waals surface area contributed by atoms with Crippen LogP contribution in [0.15, 0.2) is 59.8 Å². The standard InChI is InChI=1S/C21H16FN7O/c1-12(27-20-15(10-23)19(24)25-11-26-20)18-17(13-5-4-6-14(22)9-13)21(30)29-8-3-2-7-16(29)28-18/h2-9,11-12H,1H3,(H3,24,25,26,27)/t12-/m0/s1. The molecule has 0 spiro atoms. The number of nitrogens with two attached hydrogens (primary N) is 1. The average molecular weight is 401 g/mol. The van der Waals surface area contributed by atoms with Crippen LogP contribution in [0.5, 0.6) is 0 Å². The molecular weight excluding hydrogens is 385 g/mol. The SMILES string of the molecule is C[C@H](Nc1ncnc(N)c1C#N)c1nc2ccccn2c(=O)c1-c1cccc(F)c1. The Kier molecular flexibility index (Phi) is 4.82. The molecule has 3 aromatic heterocycles. The minimum Gasteiger partial charge on any atom is -0.382 e. The predicted molar refractivity (Wildman–Crippen MR) is 110 cm³/mol. The third kappa shape index (κ3) is 3.31. The van der Waals surface area contributed by atoms with Crippen molar-refractivity contribution in [3.8, 4) is 17.2 Å². The van der Waals surface area contributed by atoms with Crippen molar-refractivity contribution in [1.29, 1.82) is 5.26 Å². The summed E-state index contributed by atoms with van der Waals surface area (Å²) in [6, 6.07) is 12.4. The highest BCUT2D eigenvalue weighted by atomic mass is 19.1. The van der Waals surface area contributed by atoms with Crippen molar-refractivity contribution < 1.29 is 4.39 Å². The first-order valence-electron chi connectivity index (χ1n) is 9.04.